The van der Waals surface area contributed by atoms with Gasteiger partial charge >= 0.3 is 5.97 Å². The van der Waals surface area contributed by atoms with Crippen LogP contribution in [0.1, 0.15) is 16.5 Å². The fraction of sp³-hybridized carbons (Fsp3) is 0.267. The lowest BCUT2D eigenvalue weighted by molar-refractivity contribution is -0.143. The minimum atomic E-state index is -0.534. The number of ether oxygens (including phenoxy) is 1. The van der Waals surface area contributed by atoms with E-state index in [-0.39, 0.29) is 23.0 Å². The molecule has 2 aromatic rings. The van der Waals surface area contributed by atoms with Crippen molar-refractivity contribution < 1.29 is 9.53 Å². The third-order valence-corrected chi connectivity index (χ3v) is 4.23. The van der Waals surface area contributed by atoms with Crippen molar-refractivity contribution in [3.05, 3.63) is 57.2 Å². The zero-order chi connectivity index (χ0) is 14.4. The van der Waals surface area contributed by atoms with Gasteiger partial charge in [0.1, 0.15) is 6.04 Å². The molecule has 0 radical (unpaired) electrons. The Morgan fingerprint density at radius 2 is 2.10 bits per heavy atom. The normalized spacial score (nSPS) is 11.5. The highest BCUT2D eigenvalue weighted by Gasteiger charge is 2.22. The first-order valence-electron chi connectivity index (χ1n) is 6.30. The molecule has 114 valence electrons. The average Bonchev–Trinajstić information content (AvgIpc) is 2.97. The number of carbonyl (C=O) groups excluding carboxylic acids is 1. The lowest BCUT2D eigenvalue weighted by Crippen LogP contribution is -2.31. The van der Waals surface area contributed by atoms with E-state index in [0.29, 0.717) is 11.6 Å². The zero-order valence-corrected chi connectivity index (χ0v) is 14.8. The van der Waals surface area contributed by atoms with E-state index in [1.165, 1.54) is 12.0 Å². The van der Waals surface area contributed by atoms with E-state index in [0.717, 1.165) is 12.0 Å². The Morgan fingerprint density at radius 3 is 2.71 bits per heavy atom. The second kappa shape index (κ2) is 9.20. The molecule has 0 spiro atoms. The Morgan fingerprint density at radius 1 is 1.33 bits per heavy atom. The largest absolute Gasteiger partial charge is 0.468 e. The Kier molecular flexibility index (Phi) is 7.96. The molecule has 1 aromatic heterocycles. The summed E-state index contributed by atoms with van der Waals surface area (Å²) in [5, 5.41) is 5.82. The van der Waals surface area contributed by atoms with Gasteiger partial charge in [0, 0.05) is 16.4 Å². The van der Waals surface area contributed by atoms with Crippen LogP contribution in [0.15, 0.2) is 41.8 Å². The molecular weight excluding hydrogens is 374 g/mol. The maximum absolute atomic E-state index is 11.9. The number of benzene rings is 1. The van der Waals surface area contributed by atoms with Crippen LogP contribution >= 0.6 is 39.9 Å². The standard InChI is InChI=1S/C15H16ClNO2S.BrH/c1-19-15(18)14(12-6-2-3-7-13(12)16)17-9-8-11-5-4-10-20-11;/h2-7,10,14,17H,8-9H2,1H3;1H. The number of rotatable bonds is 6. The van der Waals surface area contributed by atoms with Gasteiger partial charge in [0.15, 0.2) is 0 Å². The number of hydrogen-bond donors (Lipinski definition) is 1. The first-order chi connectivity index (χ1) is 9.72. The van der Waals surface area contributed by atoms with E-state index in [9.17, 15) is 4.79 Å². The Labute approximate surface area is 144 Å². The smallest absolute Gasteiger partial charge is 0.327 e. The van der Waals surface area contributed by atoms with Crippen molar-refractivity contribution in [3.63, 3.8) is 0 Å². The van der Waals surface area contributed by atoms with Crippen LogP contribution in [0.3, 0.4) is 0 Å². The van der Waals surface area contributed by atoms with Crippen molar-refractivity contribution in [2.45, 2.75) is 12.5 Å². The van der Waals surface area contributed by atoms with Crippen molar-refractivity contribution in [1.82, 2.24) is 5.32 Å². The van der Waals surface area contributed by atoms with Gasteiger partial charge in [-0.2, -0.15) is 0 Å². The summed E-state index contributed by atoms with van der Waals surface area (Å²) in [4.78, 5) is 13.2. The number of carbonyl (C=O) groups is 1. The molecule has 0 aliphatic rings. The first kappa shape index (κ1) is 18.2. The Hall–Kier alpha value is -0.880. The van der Waals surface area contributed by atoms with E-state index in [1.807, 2.05) is 29.6 Å². The molecular formula is C15H17BrClNO2S. The molecule has 1 heterocycles. The SMILES string of the molecule is Br.COC(=O)C(NCCc1cccs1)c1ccccc1Cl. The summed E-state index contributed by atoms with van der Waals surface area (Å²) in [6.07, 6.45) is 0.871. The molecule has 6 heteroatoms. The molecule has 0 aliphatic heterocycles. The molecule has 0 aliphatic carbocycles. The molecule has 2 rings (SSSR count). The molecule has 0 saturated heterocycles. The van der Waals surface area contributed by atoms with E-state index in [1.54, 1.807) is 17.4 Å². The highest BCUT2D eigenvalue weighted by Crippen LogP contribution is 2.23. The van der Waals surface area contributed by atoms with Gasteiger partial charge in [-0.3, -0.25) is 0 Å². The molecule has 0 bridgehead atoms. The second-order valence-corrected chi connectivity index (χ2v) is 5.70. The van der Waals surface area contributed by atoms with Crippen molar-refractivity contribution in [2.75, 3.05) is 13.7 Å². The maximum atomic E-state index is 11.9. The Balaban J connectivity index is 0.00000220. The van der Waals surface area contributed by atoms with E-state index >= 15 is 0 Å². The van der Waals surface area contributed by atoms with E-state index in [2.05, 4.69) is 11.4 Å². The highest BCUT2D eigenvalue weighted by atomic mass is 79.9. The third-order valence-electron chi connectivity index (χ3n) is 2.95. The van der Waals surface area contributed by atoms with Crippen LogP contribution in [-0.4, -0.2) is 19.6 Å². The van der Waals surface area contributed by atoms with E-state index < -0.39 is 6.04 Å². The van der Waals surface area contributed by atoms with Crippen LogP contribution in [0.2, 0.25) is 5.02 Å². The average molecular weight is 391 g/mol. The van der Waals surface area contributed by atoms with Crippen molar-refractivity contribution in [1.29, 1.82) is 0 Å². The van der Waals surface area contributed by atoms with E-state index in [4.69, 9.17) is 16.3 Å². The summed E-state index contributed by atoms with van der Waals surface area (Å²) in [5.74, 6) is -0.329. The number of hydrogen-bond acceptors (Lipinski definition) is 4. The fourth-order valence-electron chi connectivity index (χ4n) is 1.94. The summed E-state index contributed by atoms with van der Waals surface area (Å²) >= 11 is 7.86. The number of esters is 1. The molecule has 1 aromatic carbocycles. The van der Waals surface area contributed by atoms with Crippen LogP contribution in [0.4, 0.5) is 0 Å². The summed E-state index contributed by atoms with van der Waals surface area (Å²) in [6.45, 7) is 0.686. The molecule has 3 nitrogen and oxygen atoms in total. The number of methoxy groups -OCH3 is 1. The lowest BCUT2D eigenvalue weighted by Gasteiger charge is -2.17. The van der Waals surface area contributed by atoms with Crippen LogP contribution in [0.25, 0.3) is 0 Å². The highest BCUT2D eigenvalue weighted by molar-refractivity contribution is 8.93. The van der Waals surface area contributed by atoms with Gasteiger partial charge in [-0.25, -0.2) is 4.79 Å². The van der Waals surface area contributed by atoms with Crippen LogP contribution < -0.4 is 5.32 Å². The Bertz CT molecular complexity index is 563. The predicted octanol–water partition coefficient (Wildman–Crippen LogP) is 4.03. The van der Waals surface area contributed by atoms with Gasteiger partial charge in [0.25, 0.3) is 0 Å². The van der Waals surface area contributed by atoms with Crippen molar-refractivity contribution >= 4 is 45.9 Å². The molecule has 0 fully saturated rings. The second-order valence-electron chi connectivity index (χ2n) is 4.26. The molecule has 1 N–H and O–H groups in total. The molecule has 0 saturated carbocycles. The van der Waals surface area contributed by atoms with Gasteiger partial charge in [0.2, 0.25) is 0 Å². The maximum Gasteiger partial charge on any atom is 0.327 e. The topological polar surface area (TPSA) is 38.3 Å². The van der Waals surface area contributed by atoms with Gasteiger partial charge in [-0.15, -0.1) is 28.3 Å². The first-order valence-corrected chi connectivity index (χ1v) is 7.56. The van der Waals surface area contributed by atoms with Crippen molar-refractivity contribution in [2.24, 2.45) is 0 Å². The minimum absolute atomic E-state index is 0. The quantitative estimate of drug-likeness (QED) is 0.757. The molecule has 21 heavy (non-hydrogen) atoms. The molecule has 1 unspecified atom stereocenters. The third kappa shape index (κ3) is 5.11. The van der Waals surface area contributed by atoms with Crippen molar-refractivity contribution in [3.8, 4) is 0 Å². The molecule has 1 atom stereocenters. The van der Waals surface area contributed by atoms with Gasteiger partial charge in [-0.05, 0) is 29.5 Å². The van der Waals surface area contributed by atoms with Crippen LogP contribution in [-0.2, 0) is 16.0 Å². The summed E-state index contributed by atoms with van der Waals surface area (Å²) in [7, 11) is 1.38. The number of nitrogens with one attached hydrogen (secondary N) is 1. The summed E-state index contributed by atoms with van der Waals surface area (Å²) in [5.41, 5.74) is 0.743. The number of thiophene rings is 1. The van der Waals surface area contributed by atoms with Gasteiger partial charge in [-0.1, -0.05) is 35.9 Å². The number of halogens is 2. The summed E-state index contributed by atoms with van der Waals surface area (Å²) < 4.78 is 4.85. The predicted molar refractivity (Wildman–Crippen MR) is 92.6 cm³/mol. The lowest BCUT2D eigenvalue weighted by atomic mass is 10.1. The zero-order valence-electron chi connectivity index (χ0n) is 11.5. The van der Waals surface area contributed by atoms with Crippen LogP contribution in [0, 0.1) is 0 Å². The fourth-order valence-corrected chi connectivity index (χ4v) is 2.90. The van der Waals surface area contributed by atoms with Gasteiger partial charge < -0.3 is 10.1 Å². The minimum Gasteiger partial charge on any atom is -0.468 e. The monoisotopic (exact) mass is 389 g/mol. The molecule has 0 amide bonds. The van der Waals surface area contributed by atoms with Gasteiger partial charge in [0.05, 0.1) is 7.11 Å². The van der Waals surface area contributed by atoms with Crippen LogP contribution in [0.5, 0.6) is 0 Å². The summed E-state index contributed by atoms with van der Waals surface area (Å²) in [6, 6.07) is 10.9.